The van der Waals surface area contributed by atoms with Crippen molar-refractivity contribution >= 4 is 42.3 Å². The van der Waals surface area contributed by atoms with Crippen LogP contribution in [0.3, 0.4) is 0 Å². The number of carbonyl (C=O) groups is 1. The van der Waals surface area contributed by atoms with Crippen LogP contribution in [0, 0.1) is 0 Å². The zero-order valence-corrected chi connectivity index (χ0v) is 19.8. The summed E-state index contributed by atoms with van der Waals surface area (Å²) in [4.78, 5) is 24.4. The van der Waals surface area contributed by atoms with Crippen LogP contribution in [0.2, 0.25) is 0 Å². The Balaban J connectivity index is 1.32. The van der Waals surface area contributed by atoms with Crippen LogP contribution in [0.5, 0.6) is 0 Å². The fraction of sp³-hybridized carbons (Fsp3) is 0.192. The van der Waals surface area contributed by atoms with E-state index in [4.69, 9.17) is 22.0 Å². The van der Waals surface area contributed by atoms with Crippen molar-refractivity contribution < 1.29 is 13.9 Å². The Morgan fingerprint density at radius 3 is 2.65 bits per heavy atom. The number of aliphatic imine (C=N–C) groups is 1. The molecule has 2 aliphatic heterocycles. The van der Waals surface area contributed by atoms with Gasteiger partial charge in [-0.15, -0.1) is 5.10 Å². The number of nitrogens with one attached hydrogen (secondary N) is 2. The minimum atomic E-state index is -1.01. The first-order valence-electron chi connectivity index (χ1n) is 11.9. The molecule has 182 valence electrons. The van der Waals surface area contributed by atoms with E-state index in [0.29, 0.717) is 48.9 Å². The van der Waals surface area contributed by atoms with E-state index < -0.39 is 6.17 Å². The lowest BCUT2D eigenvalue weighted by Crippen LogP contribution is -2.37. The summed E-state index contributed by atoms with van der Waals surface area (Å²) in [7, 11) is 6.01. The zero-order valence-electron chi connectivity index (χ0n) is 19.8. The SMILES string of the molecule is [B]c1cnc(-c2nnc(N[C@H]3N=C(c4ccccc4)c4ccccc4NC3=O)o2)c(N2CCOCC2)c1. The highest BCUT2D eigenvalue weighted by atomic mass is 16.5. The summed E-state index contributed by atoms with van der Waals surface area (Å²) in [6.07, 6.45) is 0.539. The third-order valence-corrected chi connectivity index (χ3v) is 6.12. The number of pyridine rings is 1. The Bertz CT molecular complexity index is 1470. The summed E-state index contributed by atoms with van der Waals surface area (Å²) in [5, 5.41) is 14.2. The molecule has 2 aromatic carbocycles. The molecule has 10 nitrogen and oxygen atoms in total. The van der Waals surface area contributed by atoms with E-state index in [9.17, 15) is 4.79 Å². The van der Waals surface area contributed by atoms with Gasteiger partial charge in [-0.3, -0.25) is 4.79 Å². The van der Waals surface area contributed by atoms with E-state index >= 15 is 0 Å². The maximum Gasteiger partial charge on any atom is 0.317 e. The molecule has 11 heteroatoms. The average Bonchev–Trinajstić information content (AvgIpc) is 3.35. The van der Waals surface area contributed by atoms with Crippen LogP contribution >= 0.6 is 0 Å². The van der Waals surface area contributed by atoms with Gasteiger partial charge in [0.25, 0.3) is 11.8 Å². The molecule has 0 spiro atoms. The van der Waals surface area contributed by atoms with E-state index in [1.807, 2.05) is 60.7 Å². The molecular formula is C26H22BN7O3. The standard InChI is InChI=1S/C26H22BN7O3/c27-17-14-20(34-10-12-36-13-11-34)22(28-15-17)25-32-33-26(37-25)31-23-24(35)29-19-9-5-4-8-18(19)21(30-23)16-6-2-1-3-7-16/h1-9,14-15,23H,10-13H2,(H,29,35)(H,31,33)/t23-/m1/s1. The number of amides is 1. The molecule has 0 unspecified atom stereocenters. The van der Waals surface area contributed by atoms with E-state index in [1.165, 1.54) is 0 Å². The molecule has 0 bridgehead atoms. The topological polar surface area (TPSA) is 118 Å². The van der Waals surface area contributed by atoms with Crippen molar-refractivity contribution in [3.63, 3.8) is 0 Å². The molecule has 1 atom stereocenters. The molecule has 1 saturated heterocycles. The van der Waals surface area contributed by atoms with Gasteiger partial charge < -0.3 is 24.7 Å². The molecule has 37 heavy (non-hydrogen) atoms. The van der Waals surface area contributed by atoms with Gasteiger partial charge in [0.2, 0.25) is 6.17 Å². The molecule has 2 N–H and O–H groups in total. The number of carbonyl (C=O) groups excluding carboxylic acids is 1. The van der Waals surface area contributed by atoms with Crippen LogP contribution in [-0.4, -0.2) is 67.1 Å². The summed E-state index contributed by atoms with van der Waals surface area (Å²) in [5.41, 5.74) is 4.85. The molecule has 2 radical (unpaired) electrons. The molecule has 4 heterocycles. The number of morpholine rings is 1. The van der Waals surface area contributed by atoms with E-state index in [2.05, 4.69) is 30.7 Å². The number of aromatic nitrogens is 3. The lowest BCUT2D eigenvalue weighted by molar-refractivity contribution is -0.116. The third kappa shape index (κ3) is 4.68. The number of hydrogen-bond donors (Lipinski definition) is 2. The third-order valence-electron chi connectivity index (χ3n) is 6.12. The molecule has 0 saturated carbocycles. The fourth-order valence-corrected chi connectivity index (χ4v) is 4.35. The number of benzodiazepines with no additional fused rings is 1. The van der Waals surface area contributed by atoms with Crippen LogP contribution in [0.25, 0.3) is 11.6 Å². The highest BCUT2D eigenvalue weighted by Crippen LogP contribution is 2.29. The van der Waals surface area contributed by atoms with Gasteiger partial charge in [0.15, 0.2) is 5.69 Å². The second kappa shape index (κ2) is 9.86. The summed E-state index contributed by atoms with van der Waals surface area (Å²) in [5.74, 6) is -0.147. The van der Waals surface area contributed by atoms with Crippen LogP contribution < -0.4 is 21.0 Å². The van der Waals surface area contributed by atoms with Crippen molar-refractivity contribution in [3.8, 4) is 11.6 Å². The molecule has 1 fully saturated rings. The number of para-hydroxylation sites is 1. The van der Waals surface area contributed by atoms with Crippen molar-refractivity contribution in [3.05, 3.63) is 78.0 Å². The molecule has 4 aromatic rings. The number of benzene rings is 2. The maximum atomic E-state index is 13.1. The number of hydrogen-bond acceptors (Lipinski definition) is 9. The largest absolute Gasteiger partial charge is 0.402 e. The van der Waals surface area contributed by atoms with Gasteiger partial charge in [0.05, 0.1) is 30.3 Å². The van der Waals surface area contributed by atoms with Crippen LogP contribution in [0.1, 0.15) is 11.1 Å². The number of fused-ring (bicyclic) bond motifs is 1. The highest BCUT2D eigenvalue weighted by Gasteiger charge is 2.28. The van der Waals surface area contributed by atoms with Crippen molar-refractivity contribution in [2.75, 3.05) is 41.8 Å². The minimum Gasteiger partial charge on any atom is -0.402 e. The normalized spacial score (nSPS) is 17.4. The van der Waals surface area contributed by atoms with Crippen LogP contribution in [-0.2, 0) is 9.53 Å². The van der Waals surface area contributed by atoms with E-state index in [1.54, 1.807) is 6.20 Å². The first-order valence-corrected chi connectivity index (χ1v) is 11.9. The molecule has 0 aliphatic carbocycles. The molecule has 2 aliphatic rings. The van der Waals surface area contributed by atoms with Gasteiger partial charge in [-0.25, -0.2) is 9.98 Å². The van der Waals surface area contributed by atoms with Crippen LogP contribution in [0.15, 0.2) is 76.3 Å². The first kappa shape index (κ1) is 22.9. The number of ether oxygens (including phenoxy) is 1. The zero-order chi connectivity index (χ0) is 25.2. The van der Waals surface area contributed by atoms with Gasteiger partial charge in [0, 0.05) is 30.4 Å². The Morgan fingerprint density at radius 1 is 1.03 bits per heavy atom. The summed E-state index contributed by atoms with van der Waals surface area (Å²) >= 11 is 0. The van der Waals surface area contributed by atoms with Gasteiger partial charge in [-0.05, 0) is 12.1 Å². The predicted octanol–water partition coefficient (Wildman–Crippen LogP) is 1.99. The molecule has 2 aromatic heterocycles. The highest BCUT2D eigenvalue weighted by molar-refractivity contribution is 6.32. The Kier molecular flexibility index (Phi) is 6.11. The Hall–Kier alpha value is -4.51. The molecule has 6 rings (SSSR count). The molecular weight excluding hydrogens is 469 g/mol. The second-order valence-corrected chi connectivity index (χ2v) is 8.57. The molecule has 1 amide bonds. The monoisotopic (exact) mass is 491 g/mol. The maximum absolute atomic E-state index is 13.1. The summed E-state index contributed by atoms with van der Waals surface area (Å²) in [6, 6.07) is 19.1. The number of rotatable bonds is 5. The van der Waals surface area contributed by atoms with Crippen molar-refractivity contribution in [2.45, 2.75) is 6.17 Å². The van der Waals surface area contributed by atoms with Gasteiger partial charge in [-0.2, -0.15) is 0 Å². The van der Waals surface area contributed by atoms with Crippen molar-refractivity contribution in [1.29, 1.82) is 0 Å². The predicted molar refractivity (Wildman–Crippen MR) is 141 cm³/mol. The second-order valence-electron chi connectivity index (χ2n) is 8.57. The van der Waals surface area contributed by atoms with Crippen molar-refractivity contribution in [1.82, 2.24) is 15.2 Å². The van der Waals surface area contributed by atoms with Gasteiger partial charge in [0.1, 0.15) is 7.85 Å². The Morgan fingerprint density at radius 2 is 1.81 bits per heavy atom. The van der Waals surface area contributed by atoms with Crippen LogP contribution in [0.4, 0.5) is 17.4 Å². The van der Waals surface area contributed by atoms with E-state index in [-0.39, 0.29) is 17.8 Å². The number of anilines is 3. The lowest BCUT2D eigenvalue weighted by atomic mass is 9.97. The lowest BCUT2D eigenvalue weighted by Gasteiger charge is -2.29. The average molecular weight is 491 g/mol. The first-order chi connectivity index (χ1) is 18.2. The quantitative estimate of drug-likeness (QED) is 0.407. The van der Waals surface area contributed by atoms with Gasteiger partial charge in [-0.1, -0.05) is 59.1 Å². The summed E-state index contributed by atoms with van der Waals surface area (Å²) in [6.45, 7) is 2.59. The number of nitrogens with zero attached hydrogens (tertiary/aromatic N) is 5. The van der Waals surface area contributed by atoms with Gasteiger partial charge >= 0.3 is 6.01 Å². The fourth-order valence-electron chi connectivity index (χ4n) is 4.35. The summed E-state index contributed by atoms with van der Waals surface area (Å²) < 4.78 is 11.4. The Labute approximate surface area is 214 Å². The minimum absolute atomic E-state index is 0.0452. The van der Waals surface area contributed by atoms with Crippen molar-refractivity contribution in [2.24, 2.45) is 4.99 Å². The van der Waals surface area contributed by atoms with E-state index in [0.717, 1.165) is 16.8 Å². The smallest absolute Gasteiger partial charge is 0.317 e.